The van der Waals surface area contributed by atoms with E-state index in [1.165, 1.54) is 0 Å². The van der Waals surface area contributed by atoms with Crippen molar-refractivity contribution in [1.29, 1.82) is 0 Å². The van der Waals surface area contributed by atoms with Crippen LogP contribution in [0.15, 0.2) is 78.4 Å². The van der Waals surface area contributed by atoms with Crippen molar-refractivity contribution in [3.63, 3.8) is 0 Å². The van der Waals surface area contributed by atoms with E-state index in [0.29, 0.717) is 13.2 Å². The Bertz CT molecular complexity index is 879. The Hall–Kier alpha value is -3.28. The Kier molecular flexibility index (Phi) is 7.69. The molecule has 0 spiro atoms. The van der Waals surface area contributed by atoms with E-state index in [0.717, 1.165) is 42.3 Å². The number of aromatic nitrogens is 2. The first-order chi connectivity index (χ1) is 14.3. The molecule has 0 N–H and O–H groups in total. The summed E-state index contributed by atoms with van der Waals surface area (Å²) >= 11 is 0. The molecule has 6 nitrogen and oxygen atoms in total. The summed E-state index contributed by atoms with van der Waals surface area (Å²) in [5.41, 5.74) is 0.936. The van der Waals surface area contributed by atoms with Crippen LogP contribution in [-0.4, -0.2) is 47.2 Å². The molecular weight excluding hydrogens is 364 g/mol. The van der Waals surface area contributed by atoms with Crippen LogP contribution in [0.25, 0.3) is 0 Å². The van der Waals surface area contributed by atoms with Crippen molar-refractivity contribution in [3.05, 3.63) is 78.9 Å². The molecule has 0 fully saturated rings. The van der Waals surface area contributed by atoms with Crippen LogP contribution in [0.1, 0.15) is 25.3 Å². The summed E-state index contributed by atoms with van der Waals surface area (Å²) in [6, 6.07) is 17.9. The lowest BCUT2D eigenvalue weighted by Gasteiger charge is -2.17. The van der Waals surface area contributed by atoms with Gasteiger partial charge in [-0.05, 0) is 44.0 Å². The van der Waals surface area contributed by atoms with Crippen LogP contribution in [0.3, 0.4) is 0 Å². The van der Waals surface area contributed by atoms with Crippen molar-refractivity contribution in [2.75, 3.05) is 26.8 Å². The second kappa shape index (κ2) is 10.9. The highest BCUT2D eigenvalue weighted by Gasteiger charge is 2.13. The quantitative estimate of drug-likeness (QED) is 0.224. The third-order valence-corrected chi connectivity index (χ3v) is 4.41. The van der Waals surface area contributed by atoms with Crippen LogP contribution in [0.2, 0.25) is 0 Å². The van der Waals surface area contributed by atoms with Crippen molar-refractivity contribution >= 4 is 5.84 Å². The summed E-state index contributed by atoms with van der Waals surface area (Å²) in [7, 11) is 1.95. The van der Waals surface area contributed by atoms with Crippen LogP contribution < -0.4 is 9.47 Å². The summed E-state index contributed by atoms with van der Waals surface area (Å²) in [5.74, 6) is 2.50. The first kappa shape index (κ1) is 20.5. The zero-order chi connectivity index (χ0) is 20.3. The van der Waals surface area contributed by atoms with Crippen molar-refractivity contribution < 1.29 is 9.47 Å². The number of para-hydroxylation sites is 2. The second-order valence-electron chi connectivity index (χ2n) is 6.58. The summed E-state index contributed by atoms with van der Waals surface area (Å²) in [6.07, 6.45) is 7.23. The molecule has 0 amide bonds. The van der Waals surface area contributed by atoms with Gasteiger partial charge in [-0.25, -0.2) is 4.98 Å². The molecule has 152 valence electrons. The van der Waals surface area contributed by atoms with Gasteiger partial charge in [-0.1, -0.05) is 30.3 Å². The van der Waals surface area contributed by atoms with Crippen molar-refractivity contribution in [1.82, 2.24) is 14.6 Å². The molecule has 0 aliphatic carbocycles. The van der Waals surface area contributed by atoms with Gasteiger partial charge in [0.15, 0.2) is 5.84 Å². The van der Waals surface area contributed by atoms with E-state index in [-0.39, 0.29) is 0 Å². The summed E-state index contributed by atoms with van der Waals surface area (Å²) in [5, 5.41) is 6.63. The predicted octanol–water partition coefficient (Wildman–Crippen LogP) is 4.28. The summed E-state index contributed by atoms with van der Waals surface area (Å²) in [6.45, 7) is 4.17. The number of unbranched alkanes of at least 4 members (excludes halogenated alkanes) is 1. The van der Waals surface area contributed by atoms with Crippen LogP contribution in [-0.2, 0) is 0 Å². The zero-order valence-electron chi connectivity index (χ0n) is 17.1. The van der Waals surface area contributed by atoms with Crippen LogP contribution in [0, 0.1) is 0 Å². The molecule has 1 heterocycles. The molecule has 0 atom stereocenters. The third-order valence-electron chi connectivity index (χ3n) is 4.41. The maximum atomic E-state index is 6.10. The van der Waals surface area contributed by atoms with Crippen molar-refractivity contribution in [2.24, 2.45) is 5.10 Å². The topological polar surface area (TPSA) is 51.9 Å². The van der Waals surface area contributed by atoms with Gasteiger partial charge in [0.2, 0.25) is 0 Å². The number of benzene rings is 2. The largest absolute Gasteiger partial charge is 0.494 e. The number of hydrazone groups is 1. The molecule has 6 heteroatoms. The lowest BCUT2D eigenvalue weighted by Crippen LogP contribution is -2.20. The van der Waals surface area contributed by atoms with Gasteiger partial charge in [0.1, 0.15) is 17.8 Å². The SMILES string of the molecule is CCN(C)/N=C(/c1ccccc1OCCCCOc1ccccc1)n1ccnc1. The molecule has 1 aromatic heterocycles. The predicted molar refractivity (Wildman–Crippen MR) is 116 cm³/mol. The van der Waals surface area contributed by atoms with Gasteiger partial charge in [-0.3, -0.25) is 9.58 Å². The average molecular weight is 393 g/mol. The number of hydrogen-bond donors (Lipinski definition) is 0. The highest BCUT2D eigenvalue weighted by molar-refractivity contribution is 6.02. The van der Waals surface area contributed by atoms with Gasteiger partial charge in [0.25, 0.3) is 0 Å². The van der Waals surface area contributed by atoms with E-state index in [2.05, 4.69) is 11.9 Å². The van der Waals surface area contributed by atoms with E-state index >= 15 is 0 Å². The van der Waals surface area contributed by atoms with E-state index in [1.807, 2.05) is 77.4 Å². The summed E-state index contributed by atoms with van der Waals surface area (Å²) in [4.78, 5) is 4.16. The Morgan fingerprint density at radius 1 is 1.00 bits per heavy atom. The van der Waals surface area contributed by atoms with Crippen LogP contribution in [0.5, 0.6) is 11.5 Å². The second-order valence-corrected chi connectivity index (χ2v) is 6.58. The molecule has 0 saturated carbocycles. The van der Waals surface area contributed by atoms with Crippen LogP contribution >= 0.6 is 0 Å². The Labute approximate surface area is 172 Å². The number of ether oxygens (including phenoxy) is 2. The summed E-state index contributed by atoms with van der Waals surface area (Å²) < 4.78 is 13.7. The van der Waals surface area contributed by atoms with Crippen molar-refractivity contribution in [3.8, 4) is 11.5 Å². The van der Waals surface area contributed by atoms with Gasteiger partial charge in [0.05, 0.1) is 18.8 Å². The number of nitrogens with zero attached hydrogens (tertiary/aromatic N) is 4. The lowest BCUT2D eigenvalue weighted by atomic mass is 10.2. The van der Waals surface area contributed by atoms with Gasteiger partial charge in [-0.15, -0.1) is 0 Å². The molecule has 0 aliphatic rings. The third kappa shape index (κ3) is 6.10. The average Bonchev–Trinajstić information content (AvgIpc) is 3.30. The van der Waals surface area contributed by atoms with Gasteiger partial charge in [0, 0.05) is 26.0 Å². The standard InChI is InChI=1S/C23H28N4O2/c1-3-26(2)25-23(27-16-15-24-19-27)21-13-7-8-14-22(21)29-18-10-9-17-28-20-11-5-4-6-12-20/h4-8,11-16,19H,3,9-10,17-18H2,1-2H3/b25-23-. The highest BCUT2D eigenvalue weighted by Crippen LogP contribution is 2.21. The number of rotatable bonds is 10. The minimum atomic E-state index is 0.621. The molecule has 3 aromatic rings. The Morgan fingerprint density at radius 3 is 2.45 bits per heavy atom. The molecule has 0 aliphatic heterocycles. The van der Waals surface area contributed by atoms with E-state index < -0.39 is 0 Å². The van der Waals surface area contributed by atoms with E-state index in [1.54, 1.807) is 12.5 Å². The molecular formula is C23H28N4O2. The fourth-order valence-electron chi connectivity index (χ4n) is 2.73. The fourth-order valence-corrected chi connectivity index (χ4v) is 2.73. The minimum absolute atomic E-state index is 0.621. The molecule has 0 radical (unpaired) electrons. The number of hydrogen-bond acceptors (Lipinski definition) is 5. The first-order valence-electron chi connectivity index (χ1n) is 9.96. The minimum Gasteiger partial charge on any atom is -0.494 e. The maximum absolute atomic E-state index is 6.10. The molecule has 3 rings (SSSR count). The van der Waals surface area contributed by atoms with E-state index in [9.17, 15) is 0 Å². The molecule has 2 aromatic carbocycles. The van der Waals surface area contributed by atoms with Crippen LogP contribution in [0.4, 0.5) is 0 Å². The normalized spacial score (nSPS) is 11.3. The molecule has 29 heavy (non-hydrogen) atoms. The maximum Gasteiger partial charge on any atom is 0.169 e. The lowest BCUT2D eigenvalue weighted by molar-refractivity contribution is 0.266. The Balaban J connectivity index is 1.60. The molecule has 0 bridgehead atoms. The van der Waals surface area contributed by atoms with Crippen molar-refractivity contribution in [2.45, 2.75) is 19.8 Å². The van der Waals surface area contributed by atoms with Gasteiger partial charge < -0.3 is 9.47 Å². The monoisotopic (exact) mass is 392 g/mol. The van der Waals surface area contributed by atoms with Gasteiger partial charge in [-0.2, -0.15) is 5.10 Å². The molecule has 0 unspecified atom stereocenters. The Morgan fingerprint density at radius 2 is 1.72 bits per heavy atom. The van der Waals surface area contributed by atoms with E-state index in [4.69, 9.17) is 14.6 Å². The first-order valence-corrected chi connectivity index (χ1v) is 9.96. The smallest absolute Gasteiger partial charge is 0.169 e. The molecule has 0 saturated heterocycles. The number of imidazole rings is 1. The fraction of sp³-hybridized carbons (Fsp3) is 0.304. The highest BCUT2D eigenvalue weighted by atomic mass is 16.5. The zero-order valence-corrected chi connectivity index (χ0v) is 17.1. The van der Waals surface area contributed by atoms with Gasteiger partial charge >= 0.3 is 0 Å².